The summed E-state index contributed by atoms with van der Waals surface area (Å²) in [5.41, 5.74) is 0.399. The van der Waals surface area contributed by atoms with Gasteiger partial charge in [-0.1, -0.05) is 28.9 Å². The number of rotatable bonds is 2. The maximum atomic E-state index is 13.9. The average Bonchev–Trinajstić information content (AvgIpc) is 2.91. The predicted octanol–water partition coefficient (Wildman–Crippen LogP) is 3.20. The summed E-state index contributed by atoms with van der Waals surface area (Å²) in [4.78, 5) is 21.2. The van der Waals surface area contributed by atoms with Crippen LogP contribution in [0.1, 0.15) is 12.5 Å². The summed E-state index contributed by atoms with van der Waals surface area (Å²) >= 11 is 4.56. The average molecular weight is 398 g/mol. The van der Waals surface area contributed by atoms with Gasteiger partial charge in [0.05, 0.1) is 4.91 Å². The van der Waals surface area contributed by atoms with Crippen LogP contribution in [0.15, 0.2) is 32.6 Å². The Hall–Kier alpha value is -1.18. The summed E-state index contributed by atoms with van der Waals surface area (Å²) in [6, 6.07) is 4.80. The van der Waals surface area contributed by atoms with Gasteiger partial charge < -0.3 is 9.80 Å². The number of amides is 1. The quantitative estimate of drug-likeness (QED) is 0.717. The molecule has 1 amide bonds. The number of benzene rings is 1. The fourth-order valence-corrected chi connectivity index (χ4v) is 3.84. The van der Waals surface area contributed by atoms with Crippen molar-refractivity contribution in [3.8, 4) is 0 Å². The van der Waals surface area contributed by atoms with Gasteiger partial charge in [-0.25, -0.2) is 4.39 Å². The molecule has 0 aliphatic carbocycles. The van der Waals surface area contributed by atoms with Gasteiger partial charge in [0.25, 0.3) is 5.91 Å². The van der Waals surface area contributed by atoms with E-state index in [0.717, 1.165) is 37.9 Å². The molecule has 4 nitrogen and oxygen atoms in total. The van der Waals surface area contributed by atoms with E-state index in [0.29, 0.717) is 14.9 Å². The van der Waals surface area contributed by atoms with E-state index < -0.39 is 0 Å². The van der Waals surface area contributed by atoms with Crippen molar-refractivity contribution in [3.05, 3.63) is 39.0 Å². The third-order valence-corrected chi connectivity index (χ3v) is 5.49. The molecule has 2 heterocycles. The molecule has 0 saturated carbocycles. The molecule has 1 aromatic carbocycles. The fourth-order valence-electron chi connectivity index (χ4n) is 2.55. The number of aliphatic imine (C=N–C) groups is 1. The Bertz CT molecular complexity index is 684. The molecule has 1 aromatic rings. The molecule has 1 saturated heterocycles. The van der Waals surface area contributed by atoms with E-state index in [1.54, 1.807) is 18.2 Å². The Morgan fingerprint density at radius 2 is 2.09 bits per heavy atom. The summed E-state index contributed by atoms with van der Waals surface area (Å²) in [6.45, 7) is 6.88. The standard InChI is InChI=1S/C16H17BrFN3OS/c1-2-20-5-7-21(8-6-20)16-19-15(22)14(23-16)9-11-3-4-12(17)10-13(11)18/h3-4,9-10H,2,5-8H2,1H3/b14-9-. The van der Waals surface area contributed by atoms with Crippen molar-refractivity contribution in [3.63, 3.8) is 0 Å². The Labute approximate surface area is 147 Å². The summed E-state index contributed by atoms with van der Waals surface area (Å²) < 4.78 is 14.6. The van der Waals surface area contributed by atoms with Gasteiger partial charge in [-0.3, -0.25) is 4.79 Å². The lowest BCUT2D eigenvalue weighted by Gasteiger charge is -2.34. The fraction of sp³-hybridized carbons (Fsp3) is 0.375. The zero-order valence-corrected chi connectivity index (χ0v) is 15.2. The van der Waals surface area contributed by atoms with Crippen LogP contribution in [-0.2, 0) is 4.79 Å². The van der Waals surface area contributed by atoms with Crippen molar-refractivity contribution < 1.29 is 9.18 Å². The van der Waals surface area contributed by atoms with Crippen LogP contribution in [0.3, 0.4) is 0 Å². The summed E-state index contributed by atoms with van der Waals surface area (Å²) in [5, 5.41) is 0.731. The minimum absolute atomic E-state index is 0.287. The summed E-state index contributed by atoms with van der Waals surface area (Å²) in [5.74, 6) is -0.643. The molecule has 0 N–H and O–H groups in total. The van der Waals surface area contributed by atoms with Gasteiger partial charge in [0, 0.05) is 36.2 Å². The number of carbonyl (C=O) groups is 1. The van der Waals surface area contributed by atoms with Crippen LogP contribution >= 0.6 is 27.7 Å². The summed E-state index contributed by atoms with van der Waals surface area (Å²) in [7, 11) is 0. The van der Waals surface area contributed by atoms with Crippen molar-refractivity contribution in [1.29, 1.82) is 0 Å². The Balaban J connectivity index is 1.71. The van der Waals surface area contributed by atoms with Crippen LogP contribution in [0.4, 0.5) is 4.39 Å². The number of carbonyl (C=O) groups excluding carboxylic acids is 1. The van der Waals surface area contributed by atoms with Crippen molar-refractivity contribution in [2.75, 3.05) is 32.7 Å². The molecule has 0 bridgehead atoms. The first-order valence-electron chi connectivity index (χ1n) is 7.51. The Morgan fingerprint density at radius 3 is 2.74 bits per heavy atom. The van der Waals surface area contributed by atoms with Crippen LogP contribution < -0.4 is 0 Å². The monoisotopic (exact) mass is 397 g/mol. The van der Waals surface area contributed by atoms with E-state index in [9.17, 15) is 9.18 Å². The van der Waals surface area contributed by atoms with Gasteiger partial charge in [0.1, 0.15) is 5.82 Å². The molecular formula is C16H17BrFN3OS. The lowest BCUT2D eigenvalue weighted by atomic mass is 10.2. The van der Waals surface area contributed by atoms with E-state index in [1.165, 1.54) is 17.8 Å². The molecule has 2 aliphatic rings. The normalized spacial score (nSPS) is 21.2. The number of hydrogen-bond acceptors (Lipinski definition) is 4. The second kappa shape index (κ2) is 7.15. The van der Waals surface area contributed by atoms with Gasteiger partial charge in [0.2, 0.25) is 0 Å². The van der Waals surface area contributed by atoms with Crippen molar-refractivity contribution >= 4 is 44.8 Å². The second-order valence-electron chi connectivity index (χ2n) is 5.40. The number of nitrogens with zero attached hydrogens (tertiary/aromatic N) is 3. The first-order valence-corrected chi connectivity index (χ1v) is 9.12. The molecular weight excluding hydrogens is 381 g/mol. The Kier molecular flexibility index (Phi) is 5.18. The number of thioether (sulfide) groups is 1. The molecule has 23 heavy (non-hydrogen) atoms. The largest absolute Gasteiger partial charge is 0.348 e. The van der Waals surface area contributed by atoms with Crippen molar-refractivity contribution in [2.24, 2.45) is 4.99 Å². The van der Waals surface area contributed by atoms with E-state index in [2.05, 4.69) is 37.6 Å². The van der Waals surface area contributed by atoms with E-state index >= 15 is 0 Å². The predicted molar refractivity (Wildman–Crippen MR) is 95.8 cm³/mol. The minimum Gasteiger partial charge on any atom is -0.348 e. The van der Waals surface area contributed by atoms with Crippen LogP contribution in [0.25, 0.3) is 6.08 Å². The maximum Gasteiger partial charge on any atom is 0.286 e. The first-order chi connectivity index (χ1) is 11.1. The SMILES string of the molecule is CCN1CCN(C2=NC(=O)/C(=C/c3ccc(Br)cc3F)S2)CC1. The molecule has 122 valence electrons. The molecule has 0 aromatic heterocycles. The van der Waals surface area contributed by atoms with Crippen molar-refractivity contribution in [2.45, 2.75) is 6.92 Å². The molecule has 0 radical (unpaired) electrons. The highest BCUT2D eigenvalue weighted by Crippen LogP contribution is 2.31. The first kappa shape index (κ1) is 16.7. The van der Waals surface area contributed by atoms with Gasteiger partial charge in [0.15, 0.2) is 5.17 Å². The van der Waals surface area contributed by atoms with E-state index in [4.69, 9.17) is 0 Å². The highest BCUT2D eigenvalue weighted by Gasteiger charge is 2.28. The number of likely N-dealkylation sites (N-methyl/N-ethyl adjacent to an activating group) is 1. The molecule has 2 aliphatic heterocycles. The topological polar surface area (TPSA) is 35.9 Å². The zero-order valence-electron chi connectivity index (χ0n) is 12.8. The Morgan fingerprint density at radius 1 is 1.35 bits per heavy atom. The number of piperazine rings is 1. The maximum absolute atomic E-state index is 13.9. The third-order valence-electron chi connectivity index (χ3n) is 3.95. The second-order valence-corrected chi connectivity index (χ2v) is 7.32. The smallest absolute Gasteiger partial charge is 0.286 e. The number of hydrogen-bond donors (Lipinski definition) is 0. The molecule has 0 atom stereocenters. The van der Waals surface area contributed by atoms with Crippen LogP contribution in [0, 0.1) is 5.82 Å². The van der Waals surface area contributed by atoms with Crippen LogP contribution in [-0.4, -0.2) is 53.6 Å². The van der Waals surface area contributed by atoms with Gasteiger partial charge in [-0.2, -0.15) is 4.99 Å². The van der Waals surface area contributed by atoms with Crippen LogP contribution in [0.5, 0.6) is 0 Å². The minimum atomic E-state index is -0.356. The molecule has 0 spiro atoms. The molecule has 3 rings (SSSR count). The van der Waals surface area contributed by atoms with E-state index in [-0.39, 0.29) is 11.7 Å². The van der Waals surface area contributed by atoms with Crippen molar-refractivity contribution in [1.82, 2.24) is 9.80 Å². The number of amidine groups is 1. The number of halogens is 2. The lowest BCUT2D eigenvalue weighted by Crippen LogP contribution is -2.47. The summed E-state index contributed by atoms with van der Waals surface area (Å²) in [6.07, 6.45) is 1.58. The third kappa shape index (κ3) is 3.84. The zero-order chi connectivity index (χ0) is 16.4. The molecule has 1 fully saturated rings. The highest BCUT2D eigenvalue weighted by atomic mass is 79.9. The molecule has 0 unspecified atom stereocenters. The lowest BCUT2D eigenvalue weighted by molar-refractivity contribution is -0.113. The van der Waals surface area contributed by atoms with E-state index in [1.807, 2.05) is 0 Å². The highest BCUT2D eigenvalue weighted by molar-refractivity contribution is 9.10. The molecule has 7 heteroatoms. The van der Waals surface area contributed by atoms with Gasteiger partial charge in [-0.15, -0.1) is 0 Å². The van der Waals surface area contributed by atoms with Gasteiger partial charge in [-0.05, 0) is 36.5 Å². The van der Waals surface area contributed by atoms with Gasteiger partial charge >= 0.3 is 0 Å². The van der Waals surface area contributed by atoms with Crippen LogP contribution in [0.2, 0.25) is 0 Å².